The van der Waals surface area contributed by atoms with Gasteiger partial charge in [0, 0.05) is 18.2 Å². The number of fused-ring (bicyclic) bond motifs is 1. The highest BCUT2D eigenvalue weighted by Gasteiger charge is 2.25. The molecular formula is C11H10N2O2. The third-order valence-corrected chi connectivity index (χ3v) is 2.70. The minimum Gasteiger partial charge on any atom is -0.327 e. The van der Waals surface area contributed by atoms with Crippen molar-refractivity contribution in [1.82, 2.24) is 4.98 Å². The fourth-order valence-electron chi connectivity index (χ4n) is 1.99. The molecule has 0 spiro atoms. The van der Waals surface area contributed by atoms with Crippen LogP contribution < -0.4 is 5.56 Å². The molecule has 0 aromatic carbocycles. The molecule has 0 amide bonds. The minimum atomic E-state index is -0.404. The van der Waals surface area contributed by atoms with Crippen LogP contribution in [0, 0.1) is 17.2 Å². The first-order valence-corrected chi connectivity index (χ1v) is 4.81. The molecule has 0 aliphatic heterocycles. The molecule has 0 saturated carbocycles. The van der Waals surface area contributed by atoms with Gasteiger partial charge in [-0.3, -0.25) is 9.59 Å². The highest BCUT2D eigenvalue weighted by Crippen LogP contribution is 2.25. The molecule has 1 N–H and O–H groups in total. The topological polar surface area (TPSA) is 73.7 Å². The van der Waals surface area contributed by atoms with E-state index in [1.165, 1.54) is 6.20 Å². The molecule has 76 valence electrons. The molecule has 1 atom stereocenters. The first kappa shape index (κ1) is 9.66. The summed E-state index contributed by atoms with van der Waals surface area (Å²) in [5, 5.41) is 8.87. The van der Waals surface area contributed by atoms with Gasteiger partial charge in [-0.05, 0) is 17.9 Å². The number of aromatic amines is 1. The Morgan fingerprint density at radius 3 is 2.87 bits per heavy atom. The second kappa shape index (κ2) is 3.35. The van der Waals surface area contributed by atoms with Gasteiger partial charge in [-0.1, -0.05) is 6.92 Å². The second-order valence-corrected chi connectivity index (χ2v) is 3.93. The molecule has 1 heterocycles. The molecule has 1 aromatic rings. The van der Waals surface area contributed by atoms with Gasteiger partial charge in [-0.15, -0.1) is 0 Å². The average molecular weight is 202 g/mol. The number of carbonyl (C=O) groups is 1. The van der Waals surface area contributed by atoms with E-state index in [1.807, 2.05) is 13.0 Å². The molecule has 1 aliphatic carbocycles. The van der Waals surface area contributed by atoms with E-state index in [1.54, 1.807) is 0 Å². The number of nitriles is 1. The summed E-state index contributed by atoms with van der Waals surface area (Å²) < 4.78 is 0. The minimum absolute atomic E-state index is 0.0106. The van der Waals surface area contributed by atoms with Gasteiger partial charge in [0.2, 0.25) is 0 Å². The van der Waals surface area contributed by atoms with Gasteiger partial charge in [0.05, 0.1) is 0 Å². The van der Waals surface area contributed by atoms with E-state index >= 15 is 0 Å². The zero-order chi connectivity index (χ0) is 11.0. The van der Waals surface area contributed by atoms with Crippen molar-refractivity contribution in [1.29, 1.82) is 5.26 Å². The zero-order valence-corrected chi connectivity index (χ0v) is 8.33. The van der Waals surface area contributed by atoms with Crippen molar-refractivity contribution in [3.05, 3.63) is 33.2 Å². The highest BCUT2D eigenvalue weighted by molar-refractivity contribution is 5.98. The number of rotatable bonds is 0. The summed E-state index contributed by atoms with van der Waals surface area (Å²) in [5.74, 6) is 0.218. The molecule has 0 saturated heterocycles. The van der Waals surface area contributed by atoms with Gasteiger partial charge >= 0.3 is 0 Å². The third kappa shape index (κ3) is 1.46. The highest BCUT2D eigenvalue weighted by atomic mass is 16.1. The Morgan fingerprint density at radius 2 is 2.20 bits per heavy atom. The van der Waals surface area contributed by atoms with Crippen LogP contribution in [0.1, 0.15) is 34.8 Å². The van der Waals surface area contributed by atoms with Crippen molar-refractivity contribution >= 4 is 5.78 Å². The maximum absolute atomic E-state index is 11.6. The average Bonchev–Trinajstić information content (AvgIpc) is 2.17. The molecule has 0 radical (unpaired) electrons. The first-order valence-electron chi connectivity index (χ1n) is 4.81. The molecule has 1 aromatic heterocycles. The van der Waals surface area contributed by atoms with E-state index in [0.29, 0.717) is 24.0 Å². The number of carbonyl (C=O) groups excluding carboxylic acids is 1. The van der Waals surface area contributed by atoms with E-state index in [4.69, 9.17) is 5.26 Å². The fourth-order valence-corrected chi connectivity index (χ4v) is 1.99. The van der Waals surface area contributed by atoms with Crippen LogP contribution in [0.3, 0.4) is 0 Å². The van der Waals surface area contributed by atoms with Gasteiger partial charge in [0.1, 0.15) is 11.6 Å². The lowest BCUT2D eigenvalue weighted by atomic mass is 9.83. The Kier molecular flexibility index (Phi) is 2.16. The number of ketones is 1. The number of hydrogen-bond acceptors (Lipinski definition) is 3. The number of aromatic nitrogens is 1. The lowest BCUT2D eigenvalue weighted by molar-refractivity contribution is 0.0953. The molecule has 0 fully saturated rings. The predicted molar refractivity (Wildman–Crippen MR) is 53.6 cm³/mol. The Labute approximate surface area is 86.6 Å². The van der Waals surface area contributed by atoms with E-state index in [-0.39, 0.29) is 17.3 Å². The molecule has 15 heavy (non-hydrogen) atoms. The van der Waals surface area contributed by atoms with Crippen LogP contribution in [0.15, 0.2) is 11.0 Å². The fraction of sp³-hybridized carbons (Fsp3) is 0.364. The van der Waals surface area contributed by atoms with E-state index in [2.05, 4.69) is 4.98 Å². The summed E-state index contributed by atoms with van der Waals surface area (Å²) in [5.41, 5.74) is 0.805. The third-order valence-electron chi connectivity index (χ3n) is 2.70. The number of Topliss-reactive ketones (excluding diaryl/α,β-unsaturated/α-hetero) is 1. The van der Waals surface area contributed by atoms with Crippen molar-refractivity contribution in [3.63, 3.8) is 0 Å². The summed E-state index contributed by atoms with van der Waals surface area (Å²) in [7, 11) is 0. The van der Waals surface area contributed by atoms with Gasteiger partial charge in [0.25, 0.3) is 5.56 Å². The number of nitrogens with zero attached hydrogens (tertiary/aromatic N) is 1. The summed E-state index contributed by atoms with van der Waals surface area (Å²) in [6.07, 6.45) is 2.55. The van der Waals surface area contributed by atoms with Gasteiger partial charge in [-0.2, -0.15) is 5.26 Å². The van der Waals surface area contributed by atoms with Crippen LogP contribution in [0.5, 0.6) is 0 Å². The second-order valence-electron chi connectivity index (χ2n) is 3.93. The standard InChI is InChI=1S/C11H10N2O2/c1-6-2-7-8(4-12)11(15)13-5-9(7)10(14)3-6/h5-6H,2-3H2,1H3,(H,13,15). The van der Waals surface area contributed by atoms with E-state index in [9.17, 15) is 9.59 Å². The van der Waals surface area contributed by atoms with Crippen LogP contribution >= 0.6 is 0 Å². The predicted octanol–water partition coefficient (Wildman–Crippen LogP) is 1.01. The quantitative estimate of drug-likeness (QED) is 0.682. The molecular weight excluding hydrogens is 192 g/mol. The Hall–Kier alpha value is -1.89. The summed E-state index contributed by atoms with van der Waals surface area (Å²) in [6.45, 7) is 1.95. The summed E-state index contributed by atoms with van der Waals surface area (Å²) in [4.78, 5) is 25.4. The largest absolute Gasteiger partial charge is 0.327 e. The number of pyridine rings is 1. The lowest BCUT2D eigenvalue weighted by Gasteiger charge is -2.20. The summed E-state index contributed by atoms with van der Waals surface area (Å²) >= 11 is 0. The van der Waals surface area contributed by atoms with Crippen LogP contribution in [0.25, 0.3) is 0 Å². The maximum atomic E-state index is 11.6. The normalized spacial score (nSPS) is 19.5. The van der Waals surface area contributed by atoms with Crippen molar-refractivity contribution in [2.75, 3.05) is 0 Å². The molecule has 1 unspecified atom stereocenters. The van der Waals surface area contributed by atoms with Gasteiger partial charge < -0.3 is 4.98 Å². The van der Waals surface area contributed by atoms with Crippen LogP contribution in [-0.4, -0.2) is 10.8 Å². The molecule has 1 aliphatic rings. The van der Waals surface area contributed by atoms with Crippen LogP contribution in [-0.2, 0) is 6.42 Å². The smallest absolute Gasteiger partial charge is 0.266 e. The number of H-pyrrole nitrogens is 1. The van der Waals surface area contributed by atoms with E-state index in [0.717, 1.165) is 0 Å². The monoisotopic (exact) mass is 202 g/mol. The van der Waals surface area contributed by atoms with Crippen molar-refractivity contribution in [3.8, 4) is 6.07 Å². The number of hydrogen-bond donors (Lipinski definition) is 1. The summed E-state index contributed by atoms with van der Waals surface area (Å²) in [6, 6.07) is 1.87. The maximum Gasteiger partial charge on any atom is 0.266 e. The number of nitrogens with one attached hydrogen (secondary N) is 1. The lowest BCUT2D eigenvalue weighted by Crippen LogP contribution is -2.24. The van der Waals surface area contributed by atoms with Crippen molar-refractivity contribution < 1.29 is 4.79 Å². The molecule has 2 rings (SSSR count). The van der Waals surface area contributed by atoms with Gasteiger partial charge in [0.15, 0.2) is 5.78 Å². The van der Waals surface area contributed by atoms with Crippen molar-refractivity contribution in [2.24, 2.45) is 5.92 Å². The molecule has 0 bridgehead atoms. The van der Waals surface area contributed by atoms with Crippen LogP contribution in [0.2, 0.25) is 0 Å². The SMILES string of the molecule is CC1CC(=O)c2c[nH]c(=O)c(C#N)c2C1. The molecule has 4 nitrogen and oxygen atoms in total. The van der Waals surface area contributed by atoms with E-state index < -0.39 is 5.56 Å². The Balaban J connectivity index is 2.71. The van der Waals surface area contributed by atoms with Gasteiger partial charge in [-0.25, -0.2) is 0 Å². The van der Waals surface area contributed by atoms with Crippen molar-refractivity contribution in [2.45, 2.75) is 19.8 Å². The Morgan fingerprint density at radius 1 is 1.47 bits per heavy atom. The Bertz CT molecular complexity index is 522. The molecule has 4 heteroatoms. The first-order chi connectivity index (χ1) is 7.13. The zero-order valence-electron chi connectivity index (χ0n) is 8.33. The van der Waals surface area contributed by atoms with Crippen LogP contribution in [0.4, 0.5) is 0 Å².